The molecule has 0 aliphatic heterocycles. The first-order valence-corrected chi connectivity index (χ1v) is 12.4. The summed E-state index contributed by atoms with van der Waals surface area (Å²) < 4.78 is 0. The fourth-order valence-electron chi connectivity index (χ4n) is 8.07. The van der Waals surface area contributed by atoms with Crippen molar-refractivity contribution in [2.24, 2.45) is 46.0 Å². The van der Waals surface area contributed by atoms with Crippen LogP contribution in [0.2, 0.25) is 0 Å². The van der Waals surface area contributed by atoms with Gasteiger partial charge < -0.3 is 21.9 Å². The van der Waals surface area contributed by atoms with Crippen molar-refractivity contribution >= 4 is 0 Å². The Morgan fingerprint density at radius 1 is 1.07 bits per heavy atom. The number of aliphatic hydroxyl groups is 1. The van der Waals surface area contributed by atoms with E-state index in [0.717, 1.165) is 38.8 Å². The Bertz CT molecular complexity index is 603. The van der Waals surface area contributed by atoms with Crippen molar-refractivity contribution in [1.29, 1.82) is 0 Å². The van der Waals surface area contributed by atoms with Crippen LogP contribution >= 0.6 is 0 Å². The summed E-state index contributed by atoms with van der Waals surface area (Å²) >= 11 is 0. The molecule has 3 unspecified atom stereocenters. The maximum atomic E-state index is 10.5. The van der Waals surface area contributed by atoms with Crippen LogP contribution < -0.4 is 16.8 Å². The van der Waals surface area contributed by atoms with Gasteiger partial charge in [0.15, 0.2) is 0 Å². The fourth-order valence-corrected chi connectivity index (χ4v) is 8.07. The molecule has 4 rings (SSSR count). The van der Waals surface area contributed by atoms with Crippen molar-refractivity contribution in [3.63, 3.8) is 0 Å². The average Bonchev–Trinajstić information content (AvgIpc) is 3.30. The van der Waals surface area contributed by atoms with Gasteiger partial charge in [0.1, 0.15) is 0 Å². The van der Waals surface area contributed by atoms with E-state index >= 15 is 0 Å². The first kappa shape index (κ1) is 21.8. The largest absolute Gasteiger partial charge is 0.393 e. The number of hydrogen-bond donors (Lipinski definition) is 4. The summed E-state index contributed by atoms with van der Waals surface area (Å²) in [6, 6.07) is 0.827. The Morgan fingerprint density at radius 3 is 2.48 bits per heavy atom. The summed E-state index contributed by atoms with van der Waals surface area (Å²) in [5.41, 5.74) is 14.6. The third-order valence-electron chi connectivity index (χ3n) is 10.1. The lowest BCUT2D eigenvalue weighted by molar-refractivity contribution is -0.0785. The molecule has 6 N–H and O–H groups in total. The Balaban J connectivity index is 1.55. The molecule has 4 aliphatic rings. The molecule has 8 atom stereocenters. The molecule has 166 valence electrons. The molecule has 0 bridgehead atoms. The van der Waals surface area contributed by atoms with Crippen molar-refractivity contribution in [2.45, 2.75) is 96.2 Å². The number of nitrogens with one attached hydrogen (secondary N) is 1. The van der Waals surface area contributed by atoms with Gasteiger partial charge in [-0.15, -0.1) is 0 Å². The molecule has 0 saturated heterocycles. The van der Waals surface area contributed by atoms with Gasteiger partial charge in [0.25, 0.3) is 0 Å². The smallest absolute Gasteiger partial charge is 0.0543 e. The number of rotatable bonds is 5. The Hall–Kier alpha value is -0.420. The fraction of sp³-hybridized carbons (Fsp3) is 0.920. The highest BCUT2D eigenvalue weighted by Gasteiger charge is 2.57. The predicted octanol–water partition coefficient (Wildman–Crippen LogP) is 3.58. The van der Waals surface area contributed by atoms with Gasteiger partial charge in [-0.25, -0.2) is 0 Å². The van der Waals surface area contributed by atoms with Crippen molar-refractivity contribution in [3.8, 4) is 0 Å². The first-order valence-electron chi connectivity index (χ1n) is 12.4. The van der Waals surface area contributed by atoms with Gasteiger partial charge in [-0.1, -0.05) is 38.8 Å². The minimum absolute atomic E-state index is 0.136. The van der Waals surface area contributed by atoms with Gasteiger partial charge in [0.05, 0.1) is 6.10 Å². The van der Waals surface area contributed by atoms with E-state index in [4.69, 9.17) is 11.5 Å². The topological polar surface area (TPSA) is 84.3 Å². The van der Waals surface area contributed by atoms with Crippen LogP contribution in [-0.4, -0.2) is 36.4 Å². The number of aliphatic hydroxyl groups excluding tert-OH is 1. The number of nitrogens with two attached hydrogens (primary N) is 2. The first-order chi connectivity index (χ1) is 13.8. The third kappa shape index (κ3) is 3.73. The second-order valence-corrected chi connectivity index (χ2v) is 11.5. The second kappa shape index (κ2) is 8.26. The summed E-state index contributed by atoms with van der Waals surface area (Å²) in [6.45, 7) is 11.1. The van der Waals surface area contributed by atoms with Gasteiger partial charge in [-0.3, -0.25) is 0 Å². The van der Waals surface area contributed by atoms with Crippen molar-refractivity contribution in [2.75, 3.05) is 13.1 Å². The highest BCUT2D eigenvalue weighted by atomic mass is 16.3. The molecule has 4 aliphatic carbocycles. The Morgan fingerprint density at radius 2 is 1.79 bits per heavy atom. The van der Waals surface area contributed by atoms with E-state index in [2.05, 4.69) is 25.7 Å². The summed E-state index contributed by atoms with van der Waals surface area (Å²) in [5, 5.41) is 14.4. The zero-order chi connectivity index (χ0) is 20.8. The van der Waals surface area contributed by atoms with Crippen molar-refractivity contribution in [3.05, 3.63) is 12.2 Å². The molecule has 0 spiro atoms. The van der Waals surface area contributed by atoms with E-state index in [0.29, 0.717) is 29.7 Å². The zero-order valence-corrected chi connectivity index (χ0v) is 18.8. The lowest BCUT2D eigenvalue weighted by atomic mass is 9.49. The van der Waals surface area contributed by atoms with E-state index in [-0.39, 0.29) is 23.0 Å². The van der Waals surface area contributed by atoms with Crippen molar-refractivity contribution < 1.29 is 5.11 Å². The normalized spacial score (nSPS) is 48.8. The molecule has 4 saturated carbocycles. The highest BCUT2D eigenvalue weighted by Crippen LogP contribution is 2.62. The van der Waals surface area contributed by atoms with Gasteiger partial charge in [0, 0.05) is 12.1 Å². The second-order valence-electron chi connectivity index (χ2n) is 11.5. The van der Waals surface area contributed by atoms with E-state index in [1.165, 1.54) is 44.1 Å². The molecule has 0 radical (unpaired) electrons. The lowest BCUT2D eigenvalue weighted by Gasteiger charge is -2.56. The van der Waals surface area contributed by atoms with Gasteiger partial charge in [-0.05, 0) is 99.0 Å². The van der Waals surface area contributed by atoms with Crippen LogP contribution in [0.5, 0.6) is 0 Å². The summed E-state index contributed by atoms with van der Waals surface area (Å²) in [7, 11) is 0. The molecule has 4 nitrogen and oxygen atoms in total. The summed E-state index contributed by atoms with van der Waals surface area (Å²) in [5.74, 6) is 2.26. The number of hydrogen-bond acceptors (Lipinski definition) is 4. The molecule has 0 amide bonds. The van der Waals surface area contributed by atoms with E-state index < -0.39 is 0 Å². The number of fused-ring (bicyclic) bond motifs is 1. The molecule has 0 aromatic heterocycles. The standard InChI is InChI=1S/C25H45N3O/c1-16-23(27)13-22-20(14-26)21(9-11-24(16,22)2)25(3)10-8-19(29)12-17(25)15-28-18-6-4-5-7-18/h17-23,28-29H,1,4-15,26-27H2,2-3H3/t17-,19+,20-,21?,22?,23?,24-,25+/m1/s1. The molecule has 0 aromatic rings. The zero-order valence-electron chi connectivity index (χ0n) is 18.8. The quantitative estimate of drug-likeness (QED) is 0.529. The summed E-state index contributed by atoms with van der Waals surface area (Å²) in [4.78, 5) is 0. The highest BCUT2D eigenvalue weighted by molar-refractivity contribution is 5.26. The molecule has 4 fully saturated rings. The average molecular weight is 404 g/mol. The molecule has 4 heteroatoms. The van der Waals surface area contributed by atoms with Crippen LogP contribution in [0.4, 0.5) is 0 Å². The molecule has 29 heavy (non-hydrogen) atoms. The Kier molecular flexibility index (Phi) is 6.21. The lowest BCUT2D eigenvalue weighted by Crippen LogP contribution is -2.54. The van der Waals surface area contributed by atoms with Crippen LogP contribution in [0.25, 0.3) is 0 Å². The minimum Gasteiger partial charge on any atom is -0.393 e. The van der Waals surface area contributed by atoms with Crippen molar-refractivity contribution in [1.82, 2.24) is 5.32 Å². The Labute approximate surface area is 178 Å². The molecule has 0 heterocycles. The van der Waals surface area contributed by atoms with Crippen LogP contribution in [0.15, 0.2) is 12.2 Å². The monoisotopic (exact) mass is 403 g/mol. The van der Waals surface area contributed by atoms with Gasteiger partial charge in [0.2, 0.25) is 0 Å². The van der Waals surface area contributed by atoms with E-state index in [1.807, 2.05) is 0 Å². The van der Waals surface area contributed by atoms with Gasteiger partial charge >= 0.3 is 0 Å². The summed E-state index contributed by atoms with van der Waals surface area (Å²) in [6.07, 6.45) is 11.7. The predicted molar refractivity (Wildman–Crippen MR) is 120 cm³/mol. The van der Waals surface area contributed by atoms with E-state index in [9.17, 15) is 5.11 Å². The molecule has 0 aromatic carbocycles. The third-order valence-corrected chi connectivity index (χ3v) is 10.1. The van der Waals surface area contributed by atoms with Crippen LogP contribution in [0.3, 0.4) is 0 Å². The SMILES string of the molecule is C=C1C(N)CC2[C@H](CN)C([C@@]3(C)CC[C@H](O)C[C@@H]3CNC3CCCC3)CC[C@]12C. The van der Waals surface area contributed by atoms with Crippen LogP contribution in [0, 0.1) is 34.5 Å². The molecular formula is C25H45N3O. The van der Waals surface area contributed by atoms with Crippen LogP contribution in [-0.2, 0) is 0 Å². The maximum absolute atomic E-state index is 10.5. The molecular weight excluding hydrogens is 358 g/mol. The maximum Gasteiger partial charge on any atom is 0.0543 e. The minimum atomic E-state index is -0.136. The van der Waals surface area contributed by atoms with Crippen LogP contribution in [0.1, 0.15) is 78.1 Å². The van der Waals surface area contributed by atoms with E-state index in [1.54, 1.807) is 0 Å². The van der Waals surface area contributed by atoms with Gasteiger partial charge in [-0.2, -0.15) is 0 Å².